The van der Waals surface area contributed by atoms with E-state index < -0.39 is 17.4 Å². The first-order valence-electron chi connectivity index (χ1n) is 2.39. The van der Waals surface area contributed by atoms with Crippen molar-refractivity contribution >= 4 is 17.4 Å². The normalized spacial score (nSPS) is 10.7. The van der Waals surface area contributed by atoms with E-state index in [4.69, 9.17) is 0 Å². The molecule has 0 heterocycles. The molecule has 0 bridgehead atoms. The molecule has 0 N–H and O–H groups in total. The van der Waals surface area contributed by atoms with Crippen molar-refractivity contribution in [1.29, 1.82) is 0 Å². The molecule has 2 unspecified atom stereocenters. The molecule has 0 aromatic rings. The highest BCUT2D eigenvalue weighted by molar-refractivity contribution is 7.17. The summed E-state index contributed by atoms with van der Waals surface area (Å²) in [4.78, 5) is 0. The summed E-state index contributed by atoms with van der Waals surface area (Å²) < 4.78 is 28.3. The van der Waals surface area contributed by atoms with Gasteiger partial charge < -0.3 is 0 Å². The van der Waals surface area contributed by atoms with Crippen molar-refractivity contribution < 1.29 is 18.2 Å². The molecule has 0 aliphatic heterocycles. The smallest absolute Gasteiger partial charge is 0.148 e. The lowest BCUT2D eigenvalue weighted by molar-refractivity contribution is 0.272. The van der Waals surface area contributed by atoms with Crippen LogP contribution in [0, 0.1) is 0 Å². The van der Waals surface area contributed by atoms with Gasteiger partial charge in [-0.3, -0.25) is 0 Å². The van der Waals surface area contributed by atoms with Crippen LogP contribution in [0.5, 0.6) is 0 Å². The first-order chi connectivity index (χ1) is 4.41. The second kappa shape index (κ2) is 8.12. The molecule has 0 aromatic heterocycles. The molecule has 0 saturated carbocycles. The van der Waals surface area contributed by atoms with Crippen LogP contribution in [0.3, 0.4) is 0 Å². The van der Waals surface area contributed by atoms with E-state index in [1.807, 2.05) is 0 Å². The van der Waals surface area contributed by atoms with E-state index in [-0.39, 0.29) is 0 Å². The fraction of sp³-hybridized carbons (Fsp3) is 1.00. The molecule has 0 aliphatic carbocycles. The van der Waals surface area contributed by atoms with Gasteiger partial charge in [-0.15, -0.1) is 9.05 Å². The largest absolute Gasteiger partial charge is 0.494 e. The van der Waals surface area contributed by atoms with E-state index in [9.17, 15) is 9.13 Å². The Morgan fingerprint density at radius 1 is 1.00 bits per heavy atom. The molecular formula is C3H8O4P2+2. The predicted octanol–water partition coefficient (Wildman–Crippen LogP) is 1.29. The van der Waals surface area contributed by atoms with Crippen LogP contribution < -0.4 is 0 Å². The minimum atomic E-state index is -0.712. The summed E-state index contributed by atoms with van der Waals surface area (Å²) in [6.45, 7) is 0.791. The molecule has 0 aliphatic rings. The Morgan fingerprint density at radius 3 is 1.78 bits per heavy atom. The quantitative estimate of drug-likeness (QED) is 0.445. The van der Waals surface area contributed by atoms with Gasteiger partial charge in [-0.25, -0.2) is 0 Å². The Labute approximate surface area is 56.1 Å². The van der Waals surface area contributed by atoms with Crippen LogP contribution in [-0.2, 0) is 18.2 Å². The van der Waals surface area contributed by atoms with E-state index in [0.29, 0.717) is 19.6 Å². The molecule has 6 heteroatoms. The summed E-state index contributed by atoms with van der Waals surface area (Å²) in [5.41, 5.74) is 0. The fourth-order valence-corrected chi connectivity index (χ4v) is 0.742. The van der Waals surface area contributed by atoms with Gasteiger partial charge in [-0.1, -0.05) is 0 Å². The van der Waals surface area contributed by atoms with E-state index in [1.165, 1.54) is 0 Å². The van der Waals surface area contributed by atoms with Gasteiger partial charge in [0.15, 0.2) is 0 Å². The predicted molar refractivity (Wildman–Crippen MR) is 34.5 cm³/mol. The standard InChI is InChI=1S/C3H8O4P2/c4-8-6-2-1-3-7-9-5/h8-9H,1-3H2/q+2. The van der Waals surface area contributed by atoms with Gasteiger partial charge in [-0.2, -0.15) is 0 Å². The van der Waals surface area contributed by atoms with Crippen molar-refractivity contribution in [3.63, 3.8) is 0 Å². The molecule has 52 valence electrons. The zero-order valence-corrected chi connectivity index (χ0v) is 6.75. The molecule has 0 amide bonds. The summed E-state index contributed by atoms with van der Waals surface area (Å²) >= 11 is 0. The Balaban J connectivity index is 2.74. The zero-order valence-electron chi connectivity index (χ0n) is 4.75. The van der Waals surface area contributed by atoms with Crippen molar-refractivity contribution in [3.8, 4) is 0 Å². The third-order valence-electron chi connectivity index (χ3n) is 0.611. The van der Waals surface area contributed by atoms with Crippen LogP contribution in [-0.4, -0.2) is 13.2 Å². The Kier molecular flexibility index (Phi) is 8.23. The van der Waals surface area contributed by atoms with Gasteiger partial charge in [0, 0.05) is 6.42 Å². The molecule has 0 radical (unpaired) electrons. The lowest BCUT2D eigenvalue weighted by Gasteiger charge is -1.83. The number of hydrogen-bond acceptors (Lipinski definition) is 4. The van der Waals surface area contributed by atoms with Crippen LogP contribution in [0.15, 0.2) is 0 Å². The summed E-state index contributed by atoms with van der Waals surface area (Å²) in [6.07, 6.45) is 0.629. The summed E-state index contributed by atoms with van der Waals surface area (Å²) in [7, 11) is -1.42. The number of rotatable bonds is 6. The van der Waals surface area contributed by atoms with E-state index in [1.54, 1.807) is 0 Å². The first-order valence-corrected chi connectivity index (χ1v) is 4.03. The highest BCUT2D eigenvalue weighted by Crippen LogP contribution is 1.99. The van der Waals surface area contributed by atoms with Gasteiger partial charge in [0.1, 0.15) is 13.2 Å². The molecule has 9 heavy (non-hydrogen) atoms. The maximum atomic E-state index is 9.67. The highest BCUT2D eigenvalue weighted by Gasteiger charge is 1.94. The summed E-state index contributed by atoms with van der Waals surface area (Å²) in [6, 6.07) is 0. The topological polar surface area (TPSA) is 52.6 Å². The second-order valence-corrected chi connectivity index (χ2v) is 2.13. The van der Waals surface area contributed by atoms with Crippen LogP contribution >= 0.6 is 17.4 Å². The zero-order chi connectivity index (χ0) is 6.95. The Hall–Kier alpha value is 0.120. The third kappa shape index (κ3) is 8.12. The average Bonchev–Trinajstić information content (AvgIpc) is 1.89. The molecule has 4 nitrogen and oxygen atoms in total. The van der Waals surface area contributed by atoms with E-state index in [2.05, 4.69) is 9.05 Å². The fourth-order valence-electron chi connectivity index (χ4n) is 0.287. The molecular weight excluding hydrogens is 162 g/mol. The van der Waals surface area contributed by atoms with Gasteiger partial charge >= 0.3 is 17.4 Å². The monoisotopic (exact) mass is 170 g/mol. The van der Waals surface area contributed by atoms with Crippen molar-refractivity contribution in [2.45, 2.75) is 6.42 Å². The summed E-state index contributed by atoms with van der Waals surface area (Å²) in [5.74, 6) is 0. The van der Waals surface area contributed by atoms with Gasteiger partial charge in [-0.05, 0) is 9.13 Å². The van der Waals surface area contributed by atoms with Crippen molar-refractivity contribution in [1.82, 2.24) is 0 Å². The molecule has 2 atom stereocenters. The maximum Gasteiger partial charge on any atom is 0.494 e. The van der Waals surface area contributed by atoms with Crippen LogP contribution in [0.25, 0.3) is 0 Å². The Bertz CT molecular complexity index is 75.9. The summed E-state index contributed by atoms with van der Waals surface area (Å²) in [5, 5.41) is 0. The SMILES string of the molecule is O=[PH+]OCCCO[PH+]=O. The molecule has 0 spiro atoms. The lowest BCUT2D eigenvalue weighted by atomic mass is 10.5. The van der Waals surface area contributed by atoms with E-state index >= 15 is 0 Å². The highest BCUT2D eigenvalue weighted by atomic mass is 31.1. The maximum absolute atomic E-state index is 9.67. The number of hydrogen-bond donors (Lipinski definition) is 0. The van der Waals surface area contributed by atoms with Crippen LogP contribution in [0.4, 0.5) is 0 Å². The van der Waals surface area contributed by atoms with Gasteiger partial charge in [0.05, 0.1) is 0 Å². The minimum Gasteiger partial charge on any atom is -0.148 e. The molecule has 0 rings (SSSR count). The van der Waals surface area contributed by atoms with Gasteiger partial charge in [0.2, 0.25) is 0 Å². The van der Waals surface area contributed by atoms with Crippen LogP contribution in [0.2, 0.25) is 0 Å². The van der Waals surface area contributed by atoms with E-state index in [0.717, 1.165) is 0 Å². The van der Waals surface area contributed by atoms with Crippen molar-refractivity contribution in [3.05, 3.63) is 0 Å². The molecule has 0 fully saturated rings. The molecule has 0 saturated heterocycles. The van der Waals surface area contributed by atoms with Crippen molar-refractivity contribution in [2.24, 2.45) is 0 Å². The second-order valence-electron chi connectivity index (χ2n) is 1.22. The average molecular weight is 170 g/mol. The Morgan fingerprint density at radius 2 is 1.44 bits per heavy atom. The third-order valence-corrected chi connectivity index (χ3v) is 1.25. The minimum absolute atomic E-state index is 0.395. The lowest BCUT2D eigenvalue weighted by Crippen LogP contribution is -1.89. The van der Waals surface area contributed by atoms with Gasteiger partial charge in [0.25, 0.3) is 0 Å². The first kappa shape index (κ1) is 9.12. The van der Waals surface area contributed by atoms with Crippen molar-refractivity contribution in [2.75, 3.05) is 13.2 Å². The van der Waals surface area contributed by atoms with Crippen LogP contribution in [0.1, 0.15) is 6.42 Å². The molecule has 0 aromatic carbocycles.